The van der Waals surface area contributed by atoms with Crippen molar-refractivity contribution in [1.29, 1.82) is 0 Å². The van der Waals surface area contributed by atoms with Crippen molar-refractivity contribution >= 4 is 48.6 Å². The molecule has 33 heavy (non-hydrogen) atoms. The molecule has 174 valence electrons. The van der Waals surface area contributed by atoms with Crippen LogP contribution in [0.3, 0.4) is 0 Å². The first kappa shape index (κ1) is 24.1. The monoisotopic (exact) mass is 495 g/mol. The SMILES string of the molecule is COC(=O)C1=C(C(=O)OC)N(c2ccc3cc(S(=O)(=O)O)cc(S(=O)(=O)O)c3c2)C=CC=C1. The molecule has 3 rings (SSSR count). The summed E-state index contributed by atoms with van der Waals surface area (Å²) < 4.78 is 75.5. The smallest absolute Gasteiger partial charge is 0.355 e. The molecule has 0 atom stereocenters. The summed E-state index contributed by atoms with van der Waals surface area (Å²) in [6, 6.07) is 5.58. The minimum Gasteiger partial charge on any atom is -0.465 e. The number of carbonyl (C=O) groups is 2. The van der Waals surface area contributed by atoms with Crippen molar-refractivity contribution in [2.45, 2.75) is 9.79 Å². The van der Waals surface area contributed by atoms with Gasteiger partial charge in [-0.15, -0.1) is 0 Å². The van der Waals surface area contributed by atoms with Gasteiger partial charge in [0.1, 0.15) is 10.6 Å². The summed E-state index contributed by atoms with van der Waals surface area (Å²) in [5, 5.41) is -0.0629. The molecule has 1 aliphatic heterocycles. The van der Waals surface area contributed by atoms with Crippen molar-refractivity contribution in [3.63, 3.8) is 0 Å². The fourth-order valence-corrected chi connectivity index (χ4v) is 4.51. The van der Waals surface area contributed by atoms with Gasteiger partial charge in [-0.05, 0) is 41.8 Å². The third kappa shape index (κ3) is 4.80. The van der Waals surface area contributed by atoms with E-state index < -0.39 is 42.0 Å². The van der Waals surface area contributed by atoms with Crippen molar-refractivity contribution in [2.75, 3.05) is 19.1 Å². The summed E-state index contributed by atoms with van der Waals surface area (Å²) in [7, 11) is -7.48. The second-order valence-corrected chi connectivity index (χ2v) is 9.40. The van der Waals surface area contributed by atoms with Crippen LogP contribution in [-0.2, 0) is 39.3 Å². The average Bonchev–Trinajstić information content (AvgIpc) is 2.98. The number of methoxy groups -OCH3 is 2. The molecule has 0 radical (unpaired) electrons. The van der Waals surface area contributed by atoms with Crippen LogP contribution in [0, 0.1) is 0 Å². The number of allylic oxidation sites excluding steroid dienone is 2. The van der Waals surface area contributed by atoms with E-state index in [-0.39, 0.29) is 27.7 Å². The number of nitrogens with zero attached hydrogens (tertiary/aromatic N) is 1. The van der Waals surface area contributed by atoms with Crippen molar-refractivity contribution in [3.05, 3.63) is 66.0 Å². The molecule has 0 saturated carbocycles. The van der Waals surface area contributed by atoms with Crippen molar-refractivity contribution < 1.29 is 45.0 Å². The number of hydrogen-bond acceptors (Lipinski definition) is 9. The molecule has 0 amide bonds. The fourth-order valence-electron chi connectivity index (χ4n) is 3.16. The third-order valence-corrected chi connectivity index (χ3v) is 6.34. The molecule has 0 fully saturated rings. The summed E-state index contributed by atoms with van der Waals surface area (Å²) in [6.45, 7) is 0. The molecule has 13 heteroatoms. The first-order chi connectivity index (χ1) is 15.4. The van der Waals surface area contributed by atoms with E-state index >= 15 is 0 Å². The molecule has 1 heterocycles. The molecule has 0 aliphatic carbocycles. The van der Waals surface area contributed by atoms with Gasteiger partial charge in [0.25, 0.3) is 20.2 Å². The van der Waals surface area contributed by atoms with E-state index in [1.165, 1.54) is 47.5 Å². The third-order valence-electron chi connectivity index (χ3n) is 4.62. The highest BCUT2D eigenvalue weighted by molar-refractivity contribution is 7.86. The summed E-state index contributed by atoms with van der Waals surface area (Å²) in [5.74, 6) is -1.74. The lowest BCUT2D eigenvalue weighted by Gasteiger charge is -2.23. The topological polar surface area (TPSA) is 165 Å². The van der Waals surface area contributed by atoms with Gasteiger partial charge in [-0.25, -0.2) is 9.59 Å². The highest BCUT2D eigenvalue weighted by Crippen LogP contribution is 2.33. The molecule has 1 aliphatic rings. The van der Waals surface area contributed by atoms with Crippen molar-refractivity contribution in [1.82, 2.24) is 0 Å². The van der Waals surface area contributed by atoms with Crippen LogP contribution in [0.15, 0.2) is 75.8 Å². The molecular weight excluding hydrogens is 478 g/mol. The van der Waals surface area contributed by atoms with Gasteiger partial charge < -0.3 is 14.4 Å². The second-order valence-electron chi connectivity index (χ2n) is 6.59. The van der Waals surface area contributed by atoms with E-state index in [1.54, 1.807) is 0 Å². The van der Waals surface area contributed by atoms with E-state index in [1.807, 2.05) is 0 Å². The zero-order chi connectivity index (χ0) is 24.6. The molecule has 0 saturated heterocycles. The first-order valence-corrected chi connectivity index (χ1v) is 11.8. The Morgan fingerprint density at radius 2 is 1.55 bits per heavy atom. The Morgan fingerprint density at radius 3 is 2.12 bits per heavy atom. The molecule has 0 unspecified atom stereocenters. The second kappa shape index (κ2) is 8.78. The lowest BCUT2D eigenvalue weighted by molar-refractivity contribution is -0.139. The Hall–Kier alpha value is -3.52. The van der Waals surface area contributed by atoms with Crippen LogP contribution in [0.5, 0.6) is 0 Å². The zero-order valence-corrected chi connectivity index (χ0v) is 18.8. The van der Waals surface area contributed by atoms with Crippen LogP contribution in [0.4, 0.5) is 5.69 Å². The van der Waals surface area contributed by atoms with Gasteiger partial charge in [0.2, 0.25) is 0 Å². The highest BCUT2D eigenvalue weighted by Gasteiger charge is 2.28. The predicted molar refractivity (Wildman–Crippen MR) is 115 cm³/mol. The van der Waals surface area contributed by atoms with Crippen LogP contribution < -0.4 is 4.90 Å². The molecule has 0 aromatic heterocycles. The average molecular weight is 495 g/mol. The number of fused-ring (bicyclic) bond motifs is 1. The fraction of sp³-hybridized carbons (Fsp3) is 0.100. The van der Waals surface area contributed by atoms with Crippen molar-refractivity contribution in [2.24, 2.45) is 0 Å². The van der Waals surface area contributed by atoms with Gasteiger partial charge in [-0.1, -0.05) is 12.1 Å². The number of hydrogen-bond donors (Lipinski definition) is 2. The lowest BCUT2D eigenvalue weighted by atomic mass is 10.1. The van der Waals surface area contributed by atoms with E-state index in [0.29, 0.717) is 6.07 Å². The summed E-state index contributed by atoms with van der Waals surface area (Å²) in [4.78, 5) is 24.5. The van der Waals surface area contributed by atoms with E-state index in [9.17, 15) is 35.5 Å². The number of rotatable bonds is 5. The number of esters is 2. The minimum atomic E-state index is -4.93. The van der Waals surface area contributed by atoms with Crippen LogP contribution >= 0.6 is 0 Å². The van der Waals surface area contributed by atoms with Crippen LogP contribution in [0.25, 0.3) is 10.8 Å². The number of benzene rings is 2. The van der Waals surface area contributed by atoms with Crippen LogP contribution in [0.1, 0.15) is 0 Å². The van der Waals surface area contributed by atoms with Gasteiger partial charge in [-0.2, -0.15) is 16.8 Å². The van der Waals surface area contributed by atoms with Crippen LogP contribution in [0.2, 0.25) is 0 Å². The van der Waals surface area contributed by atoms with Crippen LogP contribution in [-0.4, -0.2) is 52.1 Å². The Labute approximate surface area is 188 Å². The molecule has 2 N–H and O–H groups in total. The maximum Gasteiger partial charge on any atom is 0.355 e. The van der Waals surface area contributed by atoms with E-state index in [4.69, 9.17) is 9.47 Å². The molecular formula is C20H17NO10S2. The Balaban J connectivity index is 2.35. The number of carbonyl (C=O) groups excluding carboxylic acids is 2. The molecule has 11 nitrogen and oxygen atoms in total. The standard InChI is InChI=1S/C20H17NO10S2/c1-30-19(22)15-5-3-4-8-21(18(15)20(23)31-2)13-7-6-12-9-14(32(24,25)26)11-17(16(12)10-13)33(27,28)29/h3-11H,1-2H3,(H,24,25,26)(H,27,28,29). The number of anilines is 1. The molecule has 0 spiro atoms. The normalized spacial score (nSPS) is 14.4. The van der Waals surface area contributed by atoms with Crippen molar-refractivity contribution in [3.8, 4) is 0 Å². The molecule has 0 bridgehead atoms. The summed E-state index contributed by atoms with van der Waals surface area (Å²) in [5.41, 5.74) is -0.225. The van der Waals surface area contributed by atoms with E-state index in [2.05, 4.69) is 0 Å². The number of ether oxygens (including phenoxy) is 2. The predicted octanol–water partition coefficient (Wildman–Crippen LogP) is 1.82. The first-order valence-electron chi connectivity index (χ1n) is 8.96. The molecule has 2 aromatic carbocycles. The van der Waals surface area contributed by atoms with E-state index in [0.717, 1.165) is 20.3 Å². The molecule has 2 aromatic rings. The largest absolute Gasteiger partial charge is 0.465 e. The Kier molecular flexibility index (Phi) is 6.42. The lowest BCUT2D eigenvalue weighted by Crippen LogP contribution is -2.27. The maximum atomic E-state index is 12.6. The Morgan fingerprint density at radius 1 is 0.879 bits per heavy atom. The van der Waals surface area contributed by atoms with Gasteiger partial charge >= 0.3 is 11.9 Å². The summed E-state index contributed by atoms with van der Waals surface area (Å²) in [6.07, 6.45) is 5.70. The minimum absolute atomic E-state index is 0.0511. The highest BCUT2D eigenvalue weighted by atomic mass is 32.2. The van der Waals surface area contributed by atoms with Gasteiger partial charge in [0.05, 0.1) is 24.7 Å². The maximum absolute atomic E-state index is 12.6. The van der Waals surface area contributed by atoms with Gasteiger partial charge in [-0.3, -0.25) is 9.11 Å². The van der Waals surface area contributed by atoms with Gasteiger partial charge in [0.15, 0.2) is 0 Å². The summed E-state index contributed by atoms with van der Waals surface area (Å²) >= 11 is 0. The Bertz CT molecular complexity index is 1470. The zero-order valence-electron chi connectivity index (χ0n) is 17.1. The van der Waals surface area contributed by atoms with Gasteiger partial charge in [0, 0.05) is 17.3 Å². The quantitative estimate of drug-likeness (QED) is 0.459.